The third kappa shape index (κ3) is 3.96. The van der Waals surface area contributed by atoms with E-state index >= 15 is 0 Å². The van der Waals surface area contributed by atoms with Crippen molar-refractivity contribution in [2.45, 2.75) is 6.42 Å². The van der Waals surface area contributed by atoms with Gasteiger partial charge in [0.1, 0.15) is 12.4 Å². The Hall–Kier alpha value is -2.47. The normalized spacial score (nSPS) is 15.9. The number of hydrogen-bond donors (Lipinski definition) is 0. The van der Waals surface area contributed by atoms with Crippen LogP contribution in [0.3, 0.4) is 0 Å². The maximum atomic E-state index is 13.1. The van der Waals surface area contributed by atoms with Crippen LogP contribution in [-0.4, -0.2) is 25.0 Å². The molecular weight excluding hydrogens is 354 g/mol. The zero-order valence-corrected chi connectivity index (χ0v) is 13.7. The third-order valence-corrected chi connectivity index (χ3v) is 4.08. The van der Waals surface area contributed by atoms with E-state index in [-0.39, 0.29) is 12.2 Å². The van der Waals surface area contributed by atoms with Crippen LogP contribution in [-0.2, 0) is 16.0 Å². The Morgan fingerprint density at radius 1 is 1.16 bits per heavy atom. The molecule has 0 amide bonds. The lowest BCUT2D eigenvalue weighted by molar-refractivity contribution is -0.148. The SMILES string of the molecule is O=C(COC(=O)[C@@H]1COc2ccc(Cl)cc2C1)c1ccc(F)c(F)c1. The van der Waals surface area contributed by atoms with Crippen molar-refractivity contribution in [3.05, 3.63) is 64.2 Å². The second kappa shape index (κ2) is 7.19. The number of ether oxygens (including phenoxy) is 2. The lowest BCUT2D eigenvalue weighted by Crippen LogP contribution is -2.31. The number of esters is 1. The molecule has 0 fully saturated rings. The van der Waals surface area contributed by atoms with Crippen LogP contribution in [0, 0.1) is 17.6 Å². The molecule has 0 aliphatic carbocycles. The van der Waals surface area contributed by atoms with E-state index in [2.05, 4.69) is 0 Å². The minimum atomic E-state index is -1.13. The fourth-order valence-electron chi connectivity index (χ4n) is 2.52. The molecular formula is C18H13ClF2O4. The molecule has 25 heavy (non-hydrogen) atoms. The molecule has 2 aromatic rings. The highest BCUT2D eigenvalue weighted by Crippen LogP contribution is 2.30. The van der Waals surface area contributed by atoms with Gasteiger partial charge in [-0.1, -0.05) is 11.6 Å². The Balaban J connectivity index is 1.59. The quantitative estimate of drug-likeness (QED) is 0.613. The second-order valence-electron chi connectivity index (χ2n) is 5.62. The first kappa shape index (κ1) is 17.4. The van der Waals surface area contributed by atoms with Crippen molar-refractivity contribution in [1.29, 1.82) is 0 Å². The molecule has 1 aliphatic rings. The summed E-state index contributed by atoms with van der Waals surface area (Å²) in [5, 5.41) is 0.532. The zero-order valence-electron chi connectivity index (χ0n) is 12.9. The summed E-state index contributed by atoms with van der Waals surface area (Å²) in [4.78, 5) is 24.1. The van der Waals surface area contributed by atoms with Crippen molar-refractivity contribution < 1.29 is 27.8 Å². The first-order valence-electron chi connectivity index (χ1n) is 7.50. The van der Waals surface area contributed by atoms with Crippen molar-refractivity contribution in [2.24, 2.45) is 5.92 Å². The zero-order chi connectivity index (χ0) is 18.0. The maximum Gasteiger partial charge on any atom is 0.313 e. The summed E-state index contributed by atoms with van der Waals surface area (Å²) in [6.45, 7) is -0.421. The van der Waals surface area contributed by atoms with Crippen LogP contribution in [0.15, 0.2) is 36.4 Å². The Morgan fingerprint density at radius 2 is 1.96 bits per heavy atom. The van der Waals surface area contributed by atoms with E-state index < -0.39 is 35.9 Å². The number of carbonyl (C=O) groups excluding carboxylic acids is 2. The van der Waals surface area contributed by atoms with Crippen molar-refractivity contribution in [1.82, 2.24) is 0 Å². The summed E-state index contributed by atoms with van der Waals surface area (Å²) in [5.74, 6) is -3.31. The van der Waals surface area contributed by atoms with E-state index in [1.54, 1.807) is 18.2 Å². The van der Waals surface area contributed by atoms with Crippen molar-refractivity contribution in [2.75, 3.05) is 13.2 Å². The van der Waals surface area contributed by atoms with Gasteiger partial charge in [-0.3, -0.25) is 9.59 Å². The van der Waals surface area contributed by atoms with Crippen LogP contribution in [0.5, 0.6) is 5.75 Å². The van der Waals surface area contributed by atoms with Gasteiger partial charge in [-0.05, 0) is 48.4 Å². The number of Topliss-reactive ketones (excluding diaryl/α,β-unsaturated/α-hetero) is 1. The molecule has 0 saturated carbocycles. The van der Waals surface area contributed by atoms with Crippen molar-refractivity contribution >= 4 is 23.4 Å². The Morgan fingerprint density at radius 3 is 2.72 bits per heavy atom. The molecule has 0 N–H and O–H groups in total. The largest absolute Gasteiger partial charge is 0.492 e. The van der Waals surface area contributed by atoms with Crippen LogP contribution in [0.1, 0.15) is 15.9 Å². The van der Waals surface area contributed by atoms with E-state index in [9.17, 15) is 18.4 Å². The highest BCUT2D eigenvalue weighted by Gasteiger charge is 2.28. The highest BCUT2D eigenvalue weighted by atomic mass is 35.5. The van der Waals surface area contributed by atoms with Crippen LogP contribution < -0.4 is 4.74 Å². The molecule has 0 radical (unpaired) electrons. The van der Waals surface area contributed by atoms with Crippen molar-refractivity contribution in [3.8, 4) is 5.75 Å². The molecule has 130 valence electrons. The Bertz CT molecular complexity index is 838. The summed E-state index contributed by atoms with van der Waals surface area (Å²) in [5.41, 5.74) is 0.719. The fourth-order valence-corrected chi connectivity index (χ4v) is 2.72. The molecule has 7 heteroatoms. The lowest BCUT2D eigenvalue weighted by atomic mass is 9.97. The van der Waals surface area contributed by atoms with E-state index in [4.69, 9.17) is 21.1 Å². The molecule has 0 unspecified atom stereocenters. The first-order chi connectivity index (χ1) is 11.9. The van der Waals surface area contributed by atoms with Crippen LogP contribution in [0.4, 0.5) is 8.78 Å². The molecule has 1 atom stereocenters. The van der Waals surface area contributed by atoms with Gasteiger partial charge in [0.05, 0.1) is 5.92 Å². The third-order valence-electron chi connectivity index (χ3n) is 3.85. The van der Waals surface area contributed by atoms with E-state index in [1.807, 2.05) is 0 Å². The number of benzene rings is 2. The van der Waals surface area contributed by atoms with Gasteiger partial charge in [0.15, 0.2) is 24.0 Å². The molecule has 0 saturated heterocycles. The number of carbonyl (C=O) groups is 2. The molecule has 2 aromatic carbocycles. The monoisotopic (exact) mass is 366 g/mol. The average molecular weight is 367 g/mol. The van der Waals surface area contributed by atoms with Crippen LogP contribution in [0.25, 0.3) is 0 Å². The van der Waals surface area contributed by atoms with E-state index in [1.165, 1.54) is 0 Å². The fraction of sp³-hybridized carbons (Fsp3) is 0.222. The molecule has 1 heterocycles. The minimum absolute atomic E-state index is 0.0660. The summed E-state index contributed by atoms with van der Waals surface area (Å²) in [6, 6.07) is 7.89. The number of ketones is 1. The van der Waals surface area contributed by atoms with Crippen LogP contribution >= 0.6 is 11.6 Å². The summed E-state index contributed by atoms with van der Waals surface area (Å²) in [6.07, 6.45) is 0.383. The standard InChI is InChI=1S/C18H13ClF2O4/c19-13-2-4-17-11(6-13)5-12(8-24-17)18(23)25-9-16(22)10-1-3-14(20)15(21)7-10/h1-4,6-7,12H,5,8-9H2/t12-/m0/s1. The molecule has 0 spiro atoms. The van der Waals surface area contributed by atoms with Gasteiger partial charge in [-0.2, -0.15) is 0 Å². The maximum absolute atomic E-state index is 13.1. The van der Waals surface area contributed by atoms with Gasteiger partial charge < -0.3 is 9.47 Å². The lowest BCUT2D eigenvalue weighted by Gasteiger charge is -2.24. The smallest absolute Gasteiger partial charge is 0.313 e. The molecule has 0 bridgehead atoms. The Kier molecular flexibility index (Phi) is 4.99. The average Bonchev–Trinajstić information content (AvgIpc) is 2.61. The number of rotatable bonds is 4. The number of hydrogen-bond acceptors (Lipinski definition) is 4. The van der Waals surface area contributed by atoms with Gasteiger partial charge in [-0.15, -0.1) is 0 Å². The predicted octanol–water partition coefficient (Wildman–Crippen LogP) is 3.60. The van der Waals surface area contributed by atoms with E-state index in [0.29, 0.717) is 17.2 Å². The molecule has 3 rings (SSSR count). The number of fused-ring (bicyclic) bond motifs is 1. The molecule has 1 aliphatic heterocycles. The highest BCUT2D eigenvalue weighted by molar-refractivity contribution is 6.30. The summed E-state index contributed by atoms with van der Waals surface area (Å²) in [7, 11) is 0. The topological polar surface area (TPSA) is 52.6 Å². The Labute approximate surface area is 147 Å². The number of halogens is 3. The van der Waals surface area contributed by atoms with Gasteiger partial charge in [-0.25, -0.2) is 8.78 Å². The van der Waals surface area contributed by atoms with Gasteiger partial charge in [0.25, 0.3) is 0 Å². The van der Waals surface area contributed by atoms with Gasteiger partial charge in [0, 0.05) is 10.6 Å². The van der Waals surface area contributed by atoms with E-state index in [0.717, 1.165) is 23.8 Å². The van der Waals surface area contributed by atoms with Gasteiger partial charge >= 0.3 is 5.97 Å². The first-order valence-corrected chi connectivity index (χ1v) is 7.88. The summed E-state index contributed by atoms with van der Waals surface area (Å²) < 4.78 is 36.5. The predicted molar refractivity (Wildman–Crippen MR) is 85.8 cm³/mol. The molecule has 4 nitrogen and oxygen atoms in total. The van der Waals surface area contributed by atoms with Gasteiger partial charge in [0.2, 0.25) is 0 Å². The molecule has 0 aromatic heterocycles. The summed E-state index contributed by atoms with van der Waals surface area (Å²) >= 11 is 5.92. The van der Waals surface area contributed by atoms with Crippen LogP contribution in [0.2, 0.25) is 5.02 Å². The van der Waals surface area contributed by atoms with Crippen molar-refractivity contribution in [3.63, 3.8) is 0 Å². The second-order valence-corrected chi connectivity index (χ2v) is 6.06. The minimum Gasteiger partial charge on any atom is -0.492 e.